The minimum Gasteiger partial charge on any atom is -0.387 e. The van der Waals surface area contributed by atoms with Crippen LogP contribution < -0.4 is 0 Å². The molecule has 1 aliphatic heterocycles. The summed E-state index contributed by atoms with van der Waals surface area (Å²) in [5.74, 6) is 0. The Kier molecular flexibility index (Phi) is 2.59. The lowest BCUT2D eigenvalue weighted by Crippen LogP contribution is -2.33. The number of aliphatic hydroxyl groups is 1. The monoisotopic (exact) mass is 160 g/mol. The number of carbonyl (C=O) groups excluding carboxylic acids is 1. The predicted molar refractivity (Wildman–Crippen MR) is 37.2 cm³/mol. The third-order valence-corrected chi connectivity index (χ3v) is 1.91. The van der Waals surface area contributed by atoms with Gasteiger partial charge in [0.25, 0.3) is 0 Å². The molecule has 1 unspecified atom stereocenters. The maximum Gasteiger partial charge on any atom is 0.151 e. The van der Waals surface area contributed by atoms with Crippen LogP contribution in [0, 0.1) is 0 Å². The summed E-state index contributed by atoms with van der Waals surface area (Å²) in [6.45, 7) is 1.76. The van der Waals surface area contributed by atoms with Crippen molar-refractivity contribution in [1.29, 1.82) is 0 Å². The standard InChI is InChI=1S/C7H12O4/c1-4-7(10-2)6(9)5(3-8)11-4/h3-7,9H,1-2H3/t4-,5+,6?,7+/m0/s1. The Morgan fingerprint density at radius 3 is 2.55 bits per heavy atom. The van der Waals surface area contributed by atoms with E-state index in [0.717, 1.165) is 0 Å². The van der Waals surface area contributed by atoms with E-state index >= 15 is 0 Å². The highest BCUT2D eigenvalue weighted by Gasteiger charge is 2.41. The molecule has 1 fully saturated rings. The fraction of sp³-hybridized carbons (Fsp3) is 0.857. The van der Waals surface area contributed by atoms with Crippen molar-refractivity contribution in [3.63, 3.8) is 0 Å². The number of hydrogen-bond acceptors (Lipinski definition) is 4. The van der Waals surface area contributed by atoms with Gasteiger partial charge in [0.05, 0.1) is 6.10 Å². The van der Waals surface area contributed by atoms with E-state index in [4.69, 9.17) is 9.47 Å². The van der Waals surface area contributed by atoms with Crippen molar-refractivity contribution in [3.8, 4) is 0 Å². The molecule has 0 amide bonds. The minimum absolute atomic E-state index is 0.217. The van der Waals surface area contributed by atoms with E-state index in [-0.39, 0.29) is 12.2 Å². The van der Waals surface area contributed by atoms with E-state index in [9.17, 15) is 9.90 Å². The van der Waals surface area contributed by atoms with Crippen LogP contribution in [0.5, 0.6) is 0 Å². The first kappa shape index (κ1) is 8.64. The summed E-state index contributed by atoms with van der Waals surface area (Å²) >= 11 is 0. The van der Waals surface area contributed by atoms with Gasteiger partial charge in [-0.15, -0.1) is 0 Å². The van der Waals surface area contributed by atoms with E-state index in [1.807, 2.05) is 0 Å². The van der Waals surface area contributed by atoms with Crippen molar-refractivity contribution in [3.05, 3.63) is 0 Å². The number of aldehydes is 1. The van der Waals surface area contributed by atoms with Crippen LogP contribution in [0.3, 0.4) is 0 Å². The fourth-order valence-electron chi connectivity index (χ4n) is 1.31. The summed E-state index contributed by atoms with van der Waals surface area (Å²) in [4.78, 5) is 10.3. The van der Waals surface area contributed by atoms with Crippen LogP contribution in [-0.2, 0) is 14.3 Å². The molecule has 0 aliphatic carbocycles. The topological polar surface area (TPSA) is 55.8 Å². The second kappa shape index (κ2) is 3.30. The van der Waals surface area contributed by atoms with Gasteiger partial charge in [0.2, 0.25) is 0 Å². The van der Waals surface area contributed by atoms with Crippen molar-refractivity contribution in [1.82, 2.24) is 0 Å². The molecule has 1 saturated heterocycles. The van der Waals surface area contributed by atoms with Crippen molar-refractivity contribution < 1.29 is 19.4 Å². The lowest BCUT2D eigenvalue weighted by Gasteiger charge is -2.14. The zero-order valence-electron chi connectivity index (χ0n) is 6.56. The number of hydrogen-bond donors (Lipinski definition) is 1. The van der Waals surface area contributed by atoms with E-state index in [0.29, 0.717) is 6.29 Å². The third-order valence-electron chi connectivity index (χ3n) is 1.91. The summed E-state index contributed by atoms with van der Waals surface area (Å²) in [6, 6.07) is 0. The Balaban J connectivity index is 2.62. The average molecular weight is 160 g/mol. The van der Waals surface area contributed by atoms with Crippen molar-refractivity contribution in [2.24, 2.45) is 0 Å². The number of aliphatic hydroxyl groups excluding tert-OH is 1. The number of carbonyl (C=O) groups is 1. The highest BCUT2D eigenvalue weighted by Crippen LogP contribution is 2.21. The van der Waals surface area contributed by atoms with Gasteiger partial charge in [-0.1, -0.05) is 0 Å². The summed E-state index contributed by atoms with van der Waals surface area (Å²) in [5.41, 5.74) is 0. The molecule has 0 aromatic rings. The van der Waals surface area contributed by atoms with Crippen LogP contribution in [0.25, 0.3) is 0 Å². The first-order chi connectivity index (χ1) is 5.20. The summed E-state index contributed by atoms with van der Waals surface area (Å²) < 4.78 is 10.0. The van der Waals surface area contributed by atoms with E-state index in [2.05, 4.69) is 0 Å². The molecule has 1 rings (SSSR count). The second-order valence-corrected chi connectivity index (χ2v) is 2.63. The number of rotatable bonds is 2. The van der Waals surface area contributed by atoms with Crippen LogP contribution in [0.4, 0.5) is 0 Å². The quantitative estimate of drug-likeness (QED) is 0.545. The van der Waals surface area contributed by atoms with Gasteiger partial charge in [0.1, 0.15) is 18.3 Å². The van der Waals surface area contributed by atoms with Gasteiger partial charge in [0.15, 0.2) is 6.29 Å². The normalized spacial score (nSPS) is 44.3. The Bertz CT molecular complexity index is 147. The Morgan fingerprint density at radius 2 is 2.27 bits per heavy atom. The first-order valence-corrected chi connectivity index (χ1v) is 3.52. The van der Waals surface area contributed by atoms with Gasteiger partial charge in [0, 0.05) is 7.11 Å². The third kappa shape index (κ3) is 1.42. The number of methoxy groups -OCH3 is 1. The highest BCUT2D eigenvalue weighted by atomic mass is 16.6. The maximum atomic E-state index is 10.3. The molecule has 0 aromatic heterocycles. The van der Waals surface area contributed by atoms with Gasteiger partial charge in [-0.05, 0) is 6.92 Å². The molecule has 4 heteroatoms. The molecular formula is C7H12O4. The lowest BCUT2D eigenvalue weighted by molar-refractivity contribution is -0.120. The molecule has 1 aliphatic rings. The van der Waals surface area contributed by atoms with Crippen molar-refractivity contribution in [2.75, 3.05) is 7.11 Å². The molecule has 4 atom stereocenters. The Morgan fingerprint density at radius 1 is 1.64 bits per heavy atom. The van der Waals surface area contributed by atoms with Crippen molar-refractivity contribution in [2.45, 2.75) is 31.3 Å². The molecule has 64 valence electrons. The summed E-state index contributed by atoms with van der Waals surface area (Å²) in [5, 5.41) is 9.34. The van der Waals surface area contributed by atoms with E-state index in [1.165, 1.54) is 7.11 Å². The number of ether oxygens (including phenoxy) is 2. The highest BCUT2D eigenvalue weighted by molar-refractivity contribution is 5.58. The maximum absolute atomic E-state index is 10.3. The van der Waals surface area contributed by atoms with Gasteiger partial charge < -0.3 is 19.4 Å². The van der Waals surface area contributed by atoms with E-state index < -0.39 is 12.2 Å². The second-order valence-electron chi connectivity index (χ2n) is 2.63. The minimum atomic E-state index is -0.826. The largest absolute Gasteiger partial charge is 0.387 e. The fourth-order valence-corrected chi connectivity index (χ4v) is 1.31. The Labute approximate surface area is 65.1 Å². The lowest BCUT2D eigenvalue weighted by atomic mass is 10.1. The first-order valence-electron chi connectivity index (χ1n) is 3.52. The molecule has 1 N–H and O–H groups in total. The van der Waals surface area contributed by atoms with Crippen LogP contribution in [0.1, 0.15) is 6.92 Å². The van der Waals surface area contributed by atoms with Crippen LogP contribution >= 0.6 is 0 Å². The molecule has 0 saturated carbocycles. The zero-order chi connectivity index (χ0) is 8.43. The SMILES string of the molecule is CO[C@H]1C(O)[C@@H](C=O)O[C@H]1C. The van der Waals surface area contributed by atoms with Gasteiger partial charge in [-0.25, -0.2) is 0 Å². The van der Waals surface area contributed by atoms with Crippen LogP contribution in [-0.4, -0.2) is 42.9 Å². The molecule has 4 nitrogen and oxygen atoms in total. The molecular weight excluding hydrogens is 148 g/mol. The summed E-state index contributed by atoms with van der Waals surface area (Å²) in [6.07, 6.45) is -1.56. The molecule has 1 heterocycles. The average Bonchev–Trinajstić information content (AvgIpc) is 2.26. The summed E-state index contributed by atoms with van der Waals surface area (Å²) in [7, 11) is 1.49. The van der Waals surface area contributed by atoms with E-state index in [1.54, 1.807) is 6.92 Å². The zero-order valence-corrected chi connectivity index (χ0v) is 6.56. The van der Waals surface area contributed by atoms with Gasteiger partial charge in [-0.2, -0.15) is 0 Å². The van der Waals surface area contributed by atoms with Crippen LogP contribution in [0.2, 0.25) is 0 Å². The van der Waals surface area contributed by atoms with Crippen molar-refractivity contribution >= 4 is 6.29 Å². The predicted octanol–water partition coefficient (Wildman–Crippen LogP) is -0.652. The molecule has 0 aromatic carbocycles. The smallest absolute Gasteiger partial charge is 0.151 e. The molecule has 0 bridgehead atoms. The van der Waals surface area contributed by atoms with Gasteiger partial charge in [-0.3, -0.25) is 0 Å². The molecule has 0 radical (unpaired) electrons. The Hall–Kier alpha value is -0.450. The molecule has 11 heavy (non-hydrogen) atoms. The molecule has 0 spiro atoms. The van der Waals surface area contributed by atoms with Gasteiger partial charge >= 0.3 is 0 Å². The van der Waals surface area contributed by atoms with Crippen LogP contribution in [0.15, 0.2) is 0 Å².